The Morgan fingerprint density at radius 3 is 2.26 bits per heavy atom. The Bertz CT molecular complexity index is 367. The highest BCUT2D eigenvalue weighted by atomic mass is 16.7. The molecular formula is C13H24O10. The highest BCUT2D eigenvalue weighted by molar-refractivity contribution is 4.91. The van der Waals surface area contributed by atoms with Crippen molar-refractivity contribution >= 4 is 0 Å². The van der Waals surface area contributed by atoms with E-state index in [1.165, 1.54) is 0 Å². The number of hydrogen-bond donors (Lipinski definition) is 6. The highest BCUT2D eigenvalue weighted by Gasteiger charge is 2.48. The first kappa shape index (κ1) is 18.9. The van der Waals surface area contributed by atoms with Crippen molar-refractivity contribution in [2.24, 2.45) is 0 Å². The summed E-state index contributed by atoms with van der Waals surface area (Å²) < 4.78 is 21.1. The smallest absolute Gasteiger partial charge is 0.187 e. The first-order valence-electron chi connectivity index (χ1n) is 7.46. The van der Waals surface area contributed by atoms with Gasteiger partial charge in [-0.2, -0.15) is 0 Å². The van der Waals surface area contributed by atoms with E-state index >= 15 is 0 Å². The Labute approximate surface area is 132 Å². The number of aliphatic hydroxyl groups is 6. The van der Waals surface area contributed by atoms with Gasteiger partial charge in [0.05, 0.1) is 13.2 Å². The lowest BCUT2D eigenvalue weighted by Crippen LogP contribution is -2.63. The molecule has 2 fully saturated rings. The Morgan fingerprint density at radius 2 is 1.65 bits per heavy atom. The Hall–Kier alpha value is -0.400. The maximum atomic E-state index is 10.1. The van der Waals surface area contributed by atoms with Crippen LogP contribution in [0.25, 0.3) is 0 Å². The van der Waals surface area contributed by atoms with Crippen LogP contribution in [-0.2, 0) is 18.9 Å². The third-order valence-corrected chi connectivity index (χ3v) is 3.90. The molecule has 136 valence electrons. The lowest BCUT2D eigenvalue weighted by Gasteiger charge is -2.44. The molecule has 0 amide bonds. The van der Waals surface area contributed by atoms with Crippen molar-refractivity contribution in [2.75, 3.05) is 19.8 Å². The van der Waals surface area contributed by atoms with Crippen LogP contribution in [0.2, 0.25) is 0 Å². The lowest BCUT2D eigenvalue weighted by molar-refractivity contribution is -0.356. The molecule has 0 saturated carbocycles. The van der Waals surface area contributed by atoms with Crippen molar-refractivity contribution in [2.45, 2.75) is 62.2 Å². The molecule has 0 bridgehead atoms. The van der Waals surface area contributed by atoms with Gasteiger partial charge in [0.15, 0.2) is 12.6 Å². The third kappa shape index (κ3) is 3.99. The van der Waals surface area contributed by atoms with Gasteiger partial charge in [-0.1, -0.05) is 0 Å². The second kappa shape index (κ2) is 8.12. The van der Waals surface area contributed by atoms with E-state index in [-0.39, 0.29) is 13.2 Å². The van der Waals surface area contributed by atoms with Gasteiger partial charge in [-0.25, -0.2) is 0 Å². The van der Waals surface area contributed by atoms with Gasteiger partial charge in [0, 0.05) is 6.61 Å². The Morgan fingerprint density at radius 1 is 0.957 bits per heavy atom. The van der Waals surface area contributed by atoms with E-state index in [2.05, 4.69) is 0 Å². The number of aliphatic hydroxyl groups excluding tert-OH is 6. The molecule has 2 heterocycles. The lowest BCUT2D eigenvalue weighted by atomic mass is 9.99. The van der Waals surface area contributed by atoms with Gasteiger partial charge in [-0.15, -0.1) is 0 Å². The van der Waals surface area contributed by atoms with Crippen molar-refractivity contribution in [1.29, 1.82) is 0 Å². The molecule has 0 aliphatic carbocycles. The van der Waals surface area contributed by atoms with Crippen LogP contribution in [0.15, 0.2) is 0 Å². The van der Waals surface area contributed by atoms with Gasteiger partial charge in [0.25, 0.3) is 0 Å². The second-order valence-corrected chi connectivity index (χ2v) is 5.51. The summed E-state index contributed by atoms with van der Waals surface area (Å²) in [5.41, 5.74) is 0. The van der Waals surface area contributed by atoms with Crippen LogP contribution < -0.4 is 0 Å². The van der Waals surface area contributed by atoms with Gasteiger partial charge in [0.1, 0.15) is 42.7 Å². The quantitative estimate of drug-likeness (QED) is 0.294. The van der Waals surface area contributed by atoms with Gasteiger partial charge in [-0.3, -0.25) is 0 Å². The van der Waals surface area contributed by atoms with Crippen molar-refractivity contribution in [3.8, 4) is 0 Å². The van der Waals surface area contributed by atoms with E-state index in [0.29, 0.717) is 0 Å². The molecule has 2 saturated heterocycles. The van der Waals surface area contributed by atoms with Crippen LogP contribution in [-0.4, -0.2) is 106 Å². The standard InChI is InChI=1S/C13H24O10/c1-2-20-13-11(7(16)5(15)4-21-13)23-12-10(19)9(18)8(17)6(3-14)22-12/h5-19H,2-4H2,1H3/t5-,6-,7+,8-,9+,10-,11-,12+,13-/m1/s1. The molecule has 23 heavy (non-hydrogen) atoms. The molecule has 2 aliphatic heterocycles. The van der Waals surface area contributed by atoms with E-state index in [1.807, 2.05) is 0 Å². The SMILES string of the molecule is CCO[C@@H]1OC[C@@H](O)[C@H](O)[C@H]1O[C@@H]1O[C@H](CO)[C@@H](O)[C@H](O)[C@H]1O. The zero-order chi connectivity index (χ0) is 17.1. The molecule has 0 aromatic carbocycles. The molecule has 10 heteroatoms. The summed E-state index contributed by atoms with van der Waals surface area (Å²) in [5, 5.41) is 58.3. The summed E-state index contributed by atoms with van der Waals surface area (Å²) in [7, 11) is 0. The molecule has 0 radical (unpaired) electrons. The maximum absolute atomic E-state index is 10.1. The van der Waals surface area contributed by atoms with Crippen molar-refractivity contribution in [3.05, 3.63) is 0 Å². The van der Waals surface area contributed by atoms with Crippen molar-refractivity contribution in [3.63, 3.8) is 0 Å². The van der Waals surface area contributed by atoms with Crippen LogP contribution in [0.3, 0.4) is 0 Å². The molecule has 2 aliphatic rings. The second-order valence-electron chi connectivity index (χ2n) is 5.51. The molecule has 0 aromatic rings. The molecule has 6 N–H and O–H groups in total. The van der Waals surface area contributed by atoms with E-state index in [4.69, 9.17) is 24.1 Å². The molecule has 0 unspecified atom stereocenters. The summed E-state index contributed by atoms with van der Waals surface area (Å²) in [6.45, 7) is 1.19. The Kier molecular flexibility index (Phi) is 6.68. The van der Waals surface area contributed by atoms with E-state index in [9.17, 15) is 25.5 Å². The van der Waals surface area contributed by atoms with Gasteiger partial charge in [-0.05, 0) is 6.92 Å². The third-order valence-electron chi connectivity index (χ3n) is 3.90. The average Bonchev–Trinajstić information content (AvgIpc) is 2.54. The van der Waals surface area contributed by atoms with Gasteiger partial charge in [0.2, 0.25) is 0 Å². The zero-order valence-electron chi connectivity index (χ0n) is 12.6. The van der Waals surface area contributed by atoms with Crippen LogP contribution >= 0.6 is 0 Å². The predicted octanol–water partition coefficient (Wildman–Crippen LogP) is -3.71. The first-order valence-corrected chi connectivity index (χ1v) is 7.46. The van der Waals surface area contributed by atoms with Crippen LogP contribution in [0.4, 0.5) is 0 Å². The molecule has 9 atom stereocenters. The number of hydrogen-bond acceptors (Lipinski definition) is 10. The molecule has 10 nitrogen and oxygen atoms in total. The normalized spacial score (nSPS) is 48.4. The van der Waals surface area contributed by atoms with Crippen LogP contribution in [0.1, 0.15) is 6.92 Å². The summed E-state index contributed by atoms with van der Waals surface area (Å²) >= 11 is 0. The minimum atomic E-state index is -1.62. The monoisotopic (exact) mass is 340 g/mol. The highest BCUT2D eigenvalue weighted by Crippen LogP contribution is 2.27. The zero-order valence-corrected chi connectivity index (χ0v) is 12.6. The minimum absolute atomic E-state index is 0.152. The minimum Gasteiger partial charge on any atom is -0.394 e. The topological polar surface area (TPSA) is 158 Å². The summed E-state index contributed by atoms with van der Waals surface area (Å²) in [5.74, 6) is 0. The first-order chi connectivity index (χ1) is 10.9. The summed E-state index contributed by atoms with van der Waals surface area (Å²) in [6, 6.07) is 0. The number of ether oxygens (including phenoxy) is 4. The fraction of sp³-hybridized carbons (Fsp3) is 1.00. The van der Waals surface area contributed by atoms with Crippen LogP contribution in [0, 0.1) is 0 Å². The van der Waals surface area contributed by atoms with Gasteiger partial charge >= 0.3 is 0 Å². The van der Waals surface area contributed by atoms with E-state index in [0.717, 1.165) is 0 Å². The van der Waals surface area contributed by atoms with Crippen molar-refractivity contribution < 1.29 is 49.6 Å². The van der Waals surface area contributed by atoms with Crippen molar-refractivity contribution in [1.82, 2.24) is 0 Å². The summed E-state index contributed by atoms with van der Waals surface area (Å²) in [6.07, 6.45) is -12.1. The summed E-state index contributed by atoms with van der Waals surface area (Å²) in [4.78, 5) is 0. The van der Waals surface area contributed by atoms with E-state index in [1.54, 1.807) is 6.92 Å². The fourth-order valence-corrected chi connectivity index (χ4v) is 2.55. The van der Waals surface area contributed by atoms with Gasteiger partial charge < -0.3 is 49.6 Å². The fourth-order valence-electron chi connectivity index (χ4n) is 2.55. The predicted molar refractivity (Wildman–Crippen MR) is 72.0 cm³/mol. The molecule has 0 spiro atoms. The van der Waals surface area contributed by atoms with Crippen LogP contribution in [0.5, 0.6) is 0 Å². The largest absolute Gasteiger partial charge is 0.394 e. The van der Waals surface area contributed by atoms with E-state index < -0.39 is 61.9 Å². The Balaban J connectivity index is 2.10. The maximum Gasteiger partial charge on any atom is 0.187 e. The average molecular weight is 340 g/mol. The molecular weight excluding hydrogens is 316 g/mol. The molecule has 0 aromatic heterocycles. The number of rotatable bonds is 5. The molecule has 2 rings (SSSR count).